The molecule has 1 aromatic carbocycles. The number of benzene rings is 1. The Bertz CT molecular complexity index is 688. The molecule has 1 aliphatic heterocycles. The minimum absolute atomic E-state index is 0.269. The predicted molar refractivity (Wildman–Crippen MR) is 73.5 cm³/mol. The number of Topliss-reactive ketones (excluding diaryl/α,β-unsaturated/α-hetero) is 1. The Hall–Kier alpha value is -1.99. The van der Waals surface area contributed by atoms with Crippen LogP contribution >= 0.6 is 0 Å². The largest absolute Gasteiger partial charge is 0.416 e. The lowest BCUT2D eigenvalue weighted by atomic mass is 9.75. The molecule has 1 N–H and O–H groups in total. The molecule has 1 heterocycles. The van der Waals surface area contributed by atoms with Crippen molar-refractivity contribution in [3.05, 3.63) is 35.4 Å². The average Bonchev–Trinajstić information content (AvgIpc) is 2.73. The Balaban J connectivity index is 1.97. The average molecular weight is 347 g/mol. The summed E-state index contributed by atoms with van der Waals surface area (Å²) >= 11 is 0. The molecule has 1 amide bonds. The molecule has 3 nitrogen and oxygen atoms in total. The van der Waals surface area contributed by atoms with Crippen LogP contribution in [0.5, 0.6) is 0 Å². The van der Waals surface area contributed by atoms with Gasteiger partial charge in [0, 0.05) is 12.8 Å². The molecule has 2 fully saturated rings. The van der Waals surface area contributed by atoms with E-state index >= 15 is 0 Å². The van der Waals surface area contributed by atoms with Gasteiger partial charge in [-0.2, -0.15) is 13.2 Å². The Kier molecular flexibility index (Phi) is 3.69. The summed E-state index contributed by atoms with van der Waals surface area (Å²) in [7, 11) is 0. The fourth-order valence-corrected chi connectivity index (χ4v) is 3.47. The first-order valence-electron chi connectivity index (χ1n) is 7.46. The van der Waals surface area contributed by atoms with E-state index in [1.54, 1.807) is 0 Å². The zero-order valence-electron chi connectivity index (χ0n) is 12.4. The van der Waals surface area contributed by atoms with E-state index in [1.807, 2.05) is 0 Å². The van der Waals surface area contributed by atoms with Gasteiger partial charge >= 0.3 is 6.18 Å². The molecule has 0 aromatic heterocycles. The maximum Gasteiger partial charge on any atom is 0.416 e. The van der Waals surface area contributed by atoms with Gasteiger partial charge in [-0.05, 0) is 24.5 Å². The van der Waals surface area contributed by atoms with Crippen LogP contribution in [0.25, 0.3) is 0 Å². The Morgan fingerprint density at radius 1 is 1.00 bits per heavy atom. The van der Waals surface area contributed by atoms with Crippen LogP contribution in [0.3, 0.4) is 0 Å². The van der Waals surface area contributed by atoms with E-state index in [-0.39, 0.29) is 12.8 Å². The van der Waals surface area contributed by atoms with Crippen LogP contribution in [0.4, 0.5) is 22.0 Å². The van der Waals surface area contributed by atoms with Gasteiger partial charge in [0.05, 0.1) is 5.56 Å². The SMILES string of the molecule is O=C1NC2(CCC(F)(F)CC2)C(=O)C1c1ccccc1C(F)(F)F. The van der Waals surface area contributed by atoms with E-state index in [9.17, 15) is 31.5 Å². The second-order valence-corrected chi connectivity index (χ2v) is 6.31. The third-order valence-electron chi connectivity index (χ3n) is 4.77. The molecule has 3 rings (SSSR count). The van der Waals surface area contributed by atoms with Crippen molar-refractivity contribution in [3.63, 3.8) is 0 Å². The molecular formula is C16H14F5NO2. The van der Waals surface area contributed by atoms with E-state index < -0.39 is 59.2 Å². The molecule has 8 heteroatoms. The molecule has 1 spiro atoms. The van der Waals surface area contributed by atoms with E-state index in [0.717, 1.165) is 12.1 Å². The molecule has 1 atom stereocenters. The van der Waals surface area contributed by atoms with Crippen LogP contribution in [0.15, 0.2) is 24.3 Å². The molecule has 1 aliphatic carbocycles. The van der Waals surface area contributed by atoms with Crippen molar-refractivity contribution in [1.29, 1.82) is 0 Å². The van der Waals surface area contributed by atoms with Gasteiger partial charge in [0.25, 0.3) is 0 Å². The van der Waals surface area contributed by atoms with Gasteiger partial charge in [0.15, 0.2) is 5.78 Å². The number of ketones is 1. The first kappa shape index (κ1) is 16.9. The number of rotatable bonds is 1. The molecular weight excluding hydrogens is 333 g/mol. The highest BCUT2D eigenvalue weighted by atomic mass is 19.4. The van der Waals surface area contributed by atoms with Crippen molar-refractivity contribution < 1.29 is 31.5 Å². The number of hydrogen-bond donors (Lipinski definition) is 1. The number of hydrogen-bond acceptors (Lipinski definition) is 2. The van der Waals surface area contributed by atoms with Gasteiger partial charge in [0.1, 0.15) is 11.5 Å². The molecule has 2 aliphatic rings. The summed E-state index contributed by atoms with van der Waals surface area (Å²) in [6, 6.07) is 4.36. The summed E-state index contributed by atoms with van der Waals surface area (Å²) in [5.74, 6) is -6.14. The second kappa shape index (κ2) is 5.26. The van der Waals surface area contributed by atoms with Crippen LogP contribution < -0.4 is 5.32 Å². The van der Waals surface area contributed by atoms with Crippen LogP contribution in [0.1, 0.15) is 42.7 Å². The van der Waals surface area contributed by atoms with Gasteiger partial charge in [-0.1, -0.05) is 18.2 Å². The van der Waals surface area contributed by atoms with Gasteiger partial charge in [-0.3, -0.25) is 9.59 Å². The molecule has 1 unspecified atom stereocenters. The van der Waals surface area contributed by atoms with E-state index in [0.29, 0.717) is 0 Å². The van der Waals surface area contributed by atoms with Crippen molar-refractivity contribution in [2.75, 3.05) is 0 Å². The topological polar surface area (TPSA) is 46.2 Å². The summed E-state index contributed by atoms with van der Waals surface area (Å²) in [4.78, 5) is 24.9. The fourth-order valence-electron chi connectivity index (χ4n) is 3.47. The first-order valence-corrected chi connectivity index (χ1v) is 7.46. The van der Waals surface area contributed by atoms with Gasteiger partial charge in [-0.15, -0.1) is 0 Å². The Labute approximate surface area is 134 Å². The van der Waals surface area contributed by atoms with Crippen molar-refractivity contribution >= 4 is 11.7 Å². The maximum atomic E-state index is 13.3. The summed E-state index contributed by atoms with van der Waals surface area (Å²) in [6.45, 7) is 0. The van der Waals surface area contributed by atoms with Crippen molar-refractivity contribution in [2.24, 2.45) is 0 Å². The molecule has 1 saturated carbocycles. The lowest BCUT2D eigenvalue weighted by molar-refractivity contribution is -0.138. The molecule has 24 heavy (non-hydrogen) atoms. The van der Waals surface area contributed by atoms with Crippen LogP contribution in [0.2, 0.25) is 0 Å². The van der Waals surface area contributed by atoms with Crippen molar-refractivity contribution in [3.8, 4) is 0 Å². The first-order chi connectivity index (χ1) is 11.1. The zero-order chi connectivity index (χ0) is 17.8. The van der Waals surface area contributed by atoms with Crippen LogP contribution in [-0.2, 0) is 15.8 Å². The van der Waals surface area contributed by atoms with Gasteiger partial charge in [-0.25, -0.2) is 8.78 Å². The second-order valence-electron chi connectivity index (χ2n) is 6.31. The predicted octanol–water partition coefficient (Wildman–Crippen LogP) is 3.44. The van der Waals surface area contributed by atoms with E-state index in [1.165, 1.54) is 12.1 Å². The summed E-state index contributed by atoms with van der Waals surface area (Å²) in [5.41, 5.74) is -2.97. The number of alkyl halides is 5. The molecule has 130 valence electrons. The Morgan fingerprint density at radius 2 is 1.58 bits per heavy atom. The van der Waals surface area contributed by atoms with Crippen molar-refractivity contribution in [2.45, 2.75) is 49.2 Å². The third-order valence-corrected chi connectivity index (χ3v) is 4.77. The molecule has 1 aromatic rings. The molecule has 1 saturated heterocycles. The van der Waals surface area contributed by atoms with Crippen molar-refractivity contribution in [1.82, 2.24) is 5.32 Å². The lowest BCUT2D eigenvalue weighted by Gasteiger charge is -2.35. The summed E-state index contributed by atoms with van der Waals surface area (Å²) in [6.07, 6.45) is -6.41. The van der Waals surface area contributed by atoms with E-state index in [4.69, 9.17) is 0 Å². The minimum Gasteiger partial charge on any atom is -0.343 e. The monoisotopic (exact) mass is 347 g/mol. The lowest BCUT2D eigenvalue weighted by Crippen LogP contribution is -2.51. The number of halogens is 5. The van der Waals surface area contributed by atoms with E-state index in [2.05, 4.69) is 5.32 Å². The molecule has 0 bridgehead atoms. The number of carbonyl (C=O) groups is 2. The minimum atomic E-state index is -4.72. The summed E-state index contributed by atoms with van der Waals surface area (Å²) < 4.78 is 66.1. The smallest absolute Gasteiger partial charge is 0.343 e. The van der Waals surface area contributed by atoms with Crippen LogP contribution in [0, 0.1) is 0 Å². The highest BCUT2D eigenvalue weighted by Gasteiger charge is 2.57. The van der Waals surface area contributed by atoms with Crippen LogP contribution in [-0.4, -0.2) is 23.2 Å². The zero-order valence-corrected chi connectivity index (χ0v) is 12.4. The number of nitrogens with one attached hydrogen (secondary N) is 1. The fraction of sp³-hybridized carbons (Fsp3) is 0.500. The normalized spacial score (nSPS) is 25.8. The highest BCUT2D eigenvalue weighted by Crippen LogP contribution is 2.45. The van der Waals surface area contributed by atoms with Gasteiger partial charge in [0.2, 0.25) is 11.8 Å². The third kappa shape index (κ3) is 2.67. The highest BCUT2D eigenvalue weighted by molar-refractivity contribution is 6.17. The number of amides is 1. The number of carbonyl (C=O) groups excluding carboxylic acids is 2. The Morgan fingerprint density at radius 3 is 2.17 bits per heavy atom. The molecule has 0 radical (unpaired) electrons. The standard InChI is InChI=1S/C16H14F5NO2/c17-15(18)7-5-14(6-8-15)12(23)11(13(24)22-14)9-3-1-2-4-10(9)16(19,20)21/h1-4,11H,5-8H2,(H,22,24). The quantitative estimate of drug-likeness (QED) is 0.625. The van der Waals surface area contributed by atoms with Gasteiger partial charge < -0.3 is 5.32 Å². The summed E-state index contributed by atoms with van der Waals surface area (Å²) in [5, 5.41) is 2.39. The maximum absolute atomic E-state index is 13.3.